The van der Waals surface area contributed by atoms with Gasteiger partial charge in [0, 0.05) is 37.8 Å². The van der Waals surface area contributed by atoms with Crippen LogP contribution in [0.4, 0.5) is 15.8 Å². The Morgan fingerprint density at radius 3 is 2.59 bits per heavy atom. The van der Waals surface area contributed by atoms with Gasteiger partial charge in [0.1, 0.15) is 11.9 Å². The van der Waals surface area contributed by atoms with Crippen LogP contribution >= 0.6 is 0 Å². The molecule has 0 bridgehead atoms. The predicted molar refractivity (Wildman–Crippen MR) is 126 cm³/mol. The molecule has 0 saturated carbocycles. The van der Waals surface area contributed by atoms with Crippen LogP contribution in [-0.2, 0) is 9.59 Å². The highest BCUT2D eigenvalue weighted by Gasteiger charge is 2.44. The SMILES string of the molecule is Cc1cccc(F)c1N1NC2C(CC1=O)NNC2c1ccc(N2CCN(C)C(C(=O)O)C2)cc1. The maximum Gasteiger partial charge on any atom is 0.322 e. The molecule has 4 unspecified atom stereocenters. The van der Waals surface area contributed by atoms with Crippen LogP contribution < -0.4 is 26.2 Å². The first-order chi connectivity index (χ1) is 16.3. The number of para-hydroxylation sites is 1. The highest BCUT2D eigenvalue weighted by Crippen LogP contribution is 2.32. The summed E-state index contributed by atoms with van der Waals surface area (Å²) in [7, 11) is 1.84. The zero-order valence-corrected chi connectivity index (χ0v) is 19.2. The van der Waals surface area contributed by atoms with E-state index in [0.717, 1.165) is 17.8 Å². The lowest BCUT2D eigenvalue weighted by molar-refractivity contribution is -0.142. The fourth-order valence-electron chi connectivity index (χ4n) is 5.11. The molecule has 1 amide bonds. The van der Waals surface area contributed by atoms with Crippen molar-refractivity contribution in [2.75, 3.05) is 36.6 Å². The first kappa shape index (κ1) is 22.7. The lowest BCUT2D eigenvalue weighted by Crippen LogP contribution is -2.60. The van der Waals surface area contributed by atoms with E-state index < -0.39 is 17.8 Å². The van der Waals surface area contributed by atoms with Crippen molar-refractivity contribution in [2.24, 2.45) is 0 Å². The molecule has 5 rings (SSSR count). The molecular weight excluding hydrogens is 439 g/mol. The third-order valence-electron chi connectivity index (χ3n) is 7.10. The molecule has 4 N–H and O–H groups in total. The van der Waals surface area contributed by atoms with Gasteiger partial charge >= 0.3 is 5.97 Å². The average molecular weight is 469 g/mol. The molecule has 0 aliphatic carbocycles. The zero-order chi connectivity index (χ0) is 24.0. The Morgan fingerprint density at radius 2 is 1.88 bits per heavy atom. The van der Waals surface area contributed by atoms with Crippen LogP contribution in [0.1, 0.15) is 23.6 Å². The first-order valence-corrected chi connectivity index (χ1v) is 11.5. The summed E-state index contributed by atoms with van der Waals surface area (Å²) >= 11 is 0. The number of hydrazine groups is 2. The third-order valence-corrected chi connectivity index (χ3v) is 7.10. The van der Waals surface area contributed by atoms with E-state index in [0.29, 0.717) is 18.7 Å². The number of rotatable bonds is 4. The number of anilines is 2. The number of carbonyl (C=O) groups excluding carboxylic acids is 1. The van der Waals surface area contributed by atoms with Gasteiger partial charge < -0.3 is 10.0 Å². The molecule has 4 atom stereocenters. The van der Waals surface area contributed by atoms with Crippen LogP contribution in [0, 0.1) is 12.7 Å². The lowest BCUT2D eigenvalue weighted by Gasteiger charge is -2.39. The fourth-order valence-corrected chi connectivity index (χ4v) is 5.11. The van der Waals surface area contributed by atoms with Gasteiger partial charge in [-0.05, 0) is 43.3 Å². The summed E-state index contributed by atoms with van der Waals surface area (Å²) in [6.07, 6.45) is 0.241. The Hall–Kier alpha value is -3.05. The summed E-state index contributed by atoms with van der Waals surface area (Å²) in [6.45, 7) is 3.65. The van der Waals surface area contributed by atoms with E-state index in [-0.39, 0.29) is 36.1 Å². The Bertz CT molecular complexity index is 1080. The molecule has 9 nitrogen and oxygen atoms in total. The van der Waals surface area contributed by atoms with Gasteiger partial charge in [-0.15, -0.1) is 0 Å². The molecule has 34 heavy (non-hydrogen) atoms. The van der Waals surface area contributed by atoms with E-state index in [9.17, 15) is 19.1 Å². The molecule has 0 spiro atoms. The van der Waals surface area contributed by atoms with Crippen molar-refractivity contribution in [3.8, 4) is 0 Å². The van der Waals surface area contributed by atoms with Gasteiger partial charge in [0.05, 0.1) is 17.8 Å². The van der Waals surface area contributed by atoms with Gasteiger partial charge in [-0.2, -0.15) is 0 Å². The Kier molecular flexibility index (Phi) is 5.98. The molecule has 3 aliphatic rings. The number of amides is 1. The molecule has 2 aromatic carbocycles. The van der Waals surface area contributed by atoms with Crippen LogP contribution in [0.15, 0.2) is 42.5 Å². The van der Waals surface area contributed by atoms with Gasteiger partial charge in [0.15, 0.2) is 0 Å². The quantitative estimate of drug-likeness (QED) is 0.531. The second-order valence-electron chi connectivity index (χ2n) is 9.24. The monoisotopic (exact) mass is 468 g/mol. The second-order valence-corrected chi connectivity index (χ2v) is 9.24. The van der Waals surface area contributed by atoms with Crippen molar-refractivity contribution < 1.29 is 19.1 Å². The van der Waals surface area contributed by atoms with Crippen molar-refractivity contribution in [3.05, 3.63) is 59.4 Å². The van der Waals surface area contributed by atoms with Gasteiger partial charge in [0.2, 0.25) is 5.91 Å². The summed E-state index contributed by atoms with van der Waals surface area (Å²) in [5.41, 5.74) is 12.7. The van der Waals surface area contributed by atoms with Crippen LogP contribution in [0.5, 0.6) is 0 Å². The van der Waals surface area contributed by atoms with E-state index in [4.69, 9.17) is 0 Å². The van der Waals surface area contributed by atoms with Gasteiger partial charge in [-0.3, -0.25) is 19.9 Å². The van der Waals surface area contributed by atoms with Crippen molar-refractivity contribution in [3.63, 3.8) is 0 Å². The van der Waals surface area contributed by atoms with Crippen LogP contribution in [-0.4, -0.2) is 66.7 Å². The number of halogens is 1. The van der Waals surface area contributed by atoms with Crippen LogP contribution in [0.3, 0.4) is 0 Å². The van der Waals surface area contributed by atoms with E-state index in [1.165, 1.54) is 11.1 Å². The number of carboxylic acid groups (broad SMARTS) is 1. The van der Waals surface area contributed by atoms with Gasteiger partial charge in [0.25, 0.3) is 0 Å². The van der Waals surface area contributed by atoms with Crippen molar-refractivity contribution in [2.45, 2.75) is 37.5 Å². The number of aliphatic carboxylic acids is 1. The Morgan fingerprint density at radius 1 is 1.12 bits per heavy atom. The molecular formula is C24H29FN6O3. The molecule has 10 heteroatoms. The minimum absolute atomic E-state index is 0.130. The van der Waals surface area contributed by atoms with E-state index in [1.54, 1.807) is 19.1 Å². The number of carbonyl (C=O) groups is 2. The molecule has 3 fully saturated rings. The Balaban J connectivity index is 1.34. The van der Waals surface area contributed by atoms with Crippen molar-refractivity contribution in [1.82, 2.24) is 21.2 Å². The smallest absolute Gasteiger partial charge is 0.322 e. The standard InChI is InChI=1S/C24H29FN6O3/c1-14-4-3-5-17(25)23(14)31-20(32)12-18-22(28-31)21(27-26-18)15-6-8-16(9-7-15)30-11-10-29(2)19(13-30)24(33)34/h3-9,18-19,21-22,26-28H,10-13H2,1-2H3,(H,33,34). The van der Waals surface area contributed by atoms with Gasteiger partial charge in [-0.25, -0.2) is 20.3 Å². The van der Waals surface area contributed by atoms with E-state index in [2.05, 4.69) is 21.2 Å². The fraction of sp³-hybridized carbons (Fsp3) is 0.417. The molecule has 3 saturated heterocycles. The second kappa shape index (κ2) is 8.95. The number of likely N-dealkylation sites (N-methyl/N-ethyl adjacent to an activating group) is 1. The number of aryl methyl sites for hydroxylation is 1. The van der Waals surface area contributed by atoms with Crippen LogP contribution in [0.2, 0.25) is 0 Å². The molecule has 3 heterocycles. The zero-order valence-electron chi connectivity index (χ0n) is 19.2. The molecule has 3 aliphatic heterocycles. The Labute approximate surface area is 197 Å². The number of fused-ring (bicyclic) bond motifs is 1. The molecule has 2 aromatic rings. The molecule has 0 aromatic heterocycles. The largest absolute Gasteiger partial charge is 0.480 e. The minimum atomic E-state index is -0.816. The highest BCUT2D eigenvalue weighted by molar-refractivity contribution is 5.94. The summed E-state index contributed by atoms with van der Waals surface area (Å²) in [6, 6.07) is 11.8. The molecule has 0 radical (unpaired) electrons. The number of piperazine rings is 1. The maximum absolute atomic E-state index is 14.6. The van der Waals surface area contributed by atoms with Crippen molar-refractivity contribution in [1.29, 1.82) is 0 Å². The normalized spacial score (nSPS) is 27.7. The number of benzene rings is 2. The first-order valence-electron chi connectivity index (χ1n) is 11.5. The average Bonchev–Trinajstić information content (AvgIpc) is 3.22. The summed E-state index contributed by atoms with van der Waals surface area (Å²) in [5.74, 6) is -1.45. The number of carboxylic acids is 1. The van der Waals surface area contributed by atoms with Crippen molar-refractivity contribution >= 4 is 23.3 Å². The topological polar surface area (TPSA) is 100 Å². The van der Waals surface area contributed by atoms with E-state index in [1.807, 2.05) is 36.2 Å². The predicted octanol–water partition coefficient (Wildman–Crippen LogP) is 1.17. The summed E-state index contributed by atoms with van der Waals surface area (Å²) in [4.78, 5) is 28.3. The number of nitrogens with zero attached hydrogens (tertiary/aromatic N) is 3. The number of nitrogens with one attached hydrogen (secondary N) is 3. The van der Waals surface area contributed by atoms with Crippen LogP contribution in [0.25, 0.3) is 0 Å². The maximum atomic E-state index is 14.6. The van der Waals surface area contributed by atoms with E-state index >= 15 is 0 Å². The third kappa shape index (κ3) is 4.03. The highest BCUT2D eigenvalue weighted by atomic mass is 19.1. The number of hydrogen-bond acceptors (Lipinski definition) is 7. The lowest BCUT2D eigenvalue weighted by atomic mass is 9.93. The summed E-state index contributed by atoms with van der Waals surface area (Å²) < 4.78 is 14.6. The minimum Gasteiger partial charge on any atom is -0.480 e. The number of hydrogen-bond donors (Lipinski definition) is 4. The molecule has 180 valence electrons. The van der Waals surface area contributed by atoms with Gasteiger partial charge in [-0.1, -0.05) is 24.3 Å². The summed E-state index contributed by atoms with van der Waals surface area (Å²) in [5, 5.41) is 10.8.